The van der Waals surface area contributed by atoms with E-state index >= 15 is 0 Å². The average Bonchev–Trinajstić information content (AvgIpc) is 2.75. The number of hydrogen-bond acceptors (Lipinski definition) is 5. The quantitative estimate of drug-likeness (QED) is 0.834. The van der Waals surface area contributed by atoms with Gasteiger partial charge in [-0.3, -0.25) is 0 Å². The second kappa shape index (κ2) is 6.27. The third-order valence-electron chi connectivity index (χ3n) is 3.88. The Labute approximate surface area is 132 Å². The van der Waals surface area contributed by atoms with E-state index < -0.39 is 25.9 Å². The van der Waals surface area contributed by atoms with Crippen molar-refractivity contribution in [3.8, 4) is 0 Å². The zero-order valence-electron chi connectivity index (χ0n) is 12.8. The van der Waals surface area contributed by atoms with Gasteiger partial charge in [-0.25, -0.2) is 16.8 Å². The number of sulfone groups is 1. The van der Waals surface area contributed by atoms with Crippen molar-refractivity contribution in [1.82, 2.24) is 4.31 Å². The van der Waals surface area contributed by atoms with Crippen LogP contribution in [0.1, 0.15) is 17.5 Å². The zero-order valence-corrected chi connectivity index (χ0v) is 14.5. The maximum absolute atomic E-state index is 12.9. The fourth-order valence-corrected chi connectivity index (χ4v) is 6.55. The van der Waals surface area contributed by atoms with Crippen LogP contribution in [-0.2, 0) is 19.9 Å². The van der Waals surface area contributed by atoms with Gasteiger partial charge in [0.05, 0.1) is 16.4 Å². The third kappa shape index (κ3) is 3.51. The molecule has 2 rings (SSSR count). The molecule has 1 heterocycles. The van der Waals surface area contributed by atoms with Crippen LogP contribution >= 0.6 is 0 Å². The van der Waals surface area contributed by atoms with Gasteiger partial charge in [-0.05, 0) is 31.9 Å². The van der Waals surface area contributed by atoms with Gasteiger partial charge in [-0.15, -0.1) is 0 Å². The first-order valence-electron chi connectivity index (χ1n) is 7.17. The smallest absolute Gasteiger partial charge is 0.243 e. The summed E-state index contributed by atoms with van der Waals surface area (Å²) >= 11 is 0. The Kier molecular flexibility index (Phi) is 4.96. The van der Waals surface area contributed by atoms with E-state index in [1.807, 2.05) is 6.92 Å². The summed E-state index contributed by atoms with van der Waals surface area (Å²) in [4.78, 5) is 0.218. The molecule has 1 aromatic carbocycles. The lowest BCUT2D eigenvalue weighted by Gasteiger charge is -2.27. The molecule has 124 valence electrons. The lowest BCUT2D eigenvalue weighted by atomic mass is 10.2. The lowest BCUT2D eigenvalue weighted by Crippen LogP contribution is -2.44. The molecule has 0 aromatic heterocycles. The Morgan fingerprint density at radius 2 is 2.00 bits per heavy atom. The molecule has 22 heavy (non-hydrogen) atoms. The number of hydrogen-bond donors (Lipinski definition) is 1. The molecule has 8 heteroatoms. The van der Waals surface area contributed by atoms with Gasteiger partial charge in [-0.1, -0.05) is 17.7 Å². The summed E-state index contributed by atoms with van der Waals surface area (Å²) in [6.45, 7) is 3.91. The van der Waals surface area contributed by atoms with Gasteiger partial charge in [0.25, 0.3) is 0 Å². The third-order valence-corrected chi connectivity index (χ3v) is 7.74. The lowest BCUT2D eigenvalue weighted by molar-refractivity contribution is 0.347. The fourth-order valence-electron chi connectivity index (χ4n) is 2.84. The van der Waals surface area contributed by atoms with Gasteiger partial charge in [0.2, 0.25) is 10.0 Å². The van der Waals surface area contributed by atoms with Crippen LogP contribution in [0.25, 0.3) is 0 Å². The van der Waals surface area contributed by atoms with E-state index in [-0.39, 0.29) is 29.5 Å². The predicted molar refractivity (Wildman–Crippen MR) is 85.9 cm³/mol. The van der Waals surface area contributed by atoms with Crippen LogP contribution in [0.5, 0.6) is 0 Å². The summed E-state index contributed by atoms with van der Waals surface area (Å²) in [6.07, 6.45) is 0.326. The minimum atomic E-state index is -3.76. The van der Waals surface area contributed by atoms with Crippen LogP contribution in [0.2, 0.25) is 0 Å². The summed E-state index contributed by atoms with van der Waals surface area (Å²) in [7, 11) is -6.92. The van der Waals surface area contributed by atoms with E-state index in [0.29, 0.717) is 12.0 Å². The minimum absolute atomic E-state index is 0.0289. The van der Waals surface area contributed by atoms with Crippen molar-refractivity contribution >= 4 is 19.9 Å². The highest BCUT2D eigenvalue weighted by Gasteiger charge is 2.38. The molecular formula is C14H22N2O4S2. The number of benzene rings is 1. The monoisotopic (exact) mass is 346 g/mol. The number of aryl methyl sites for hydroxylation is 2. The molecule has 1 saturated heterocycles. The van der Waals surface area contributed by atoms with E-state index in [9.17, 15) is 16.8 Å². The number of sulfonamides is 1. The van der Waals surface area contributed by atoms with Gasteiger partial charge in [0.1, 0.15) is 0 Å². The van der Waals surface area contributed by atoms with Gasteiger partial charge >= 0.3 is 0 Å². The first-order chi connectivity index (χ1) is 10.2. The highest BCUT2D eigenvalue weighted by molar-refractivity contribution is 7.92. The molecule has 0 radical (unpaired) electrons. The maximum atomic E-state index is 12.9. The topological polar surface area (TPSA) is 97.5 Å². The molecule has 0 aliphatic carbocycles. The Hall–Kier alpha value is -0.960. The SMILES string of the molecule is Cc1ccc(S(=O)(=O)N(CCN)[C@H]2CCS(=O)(=O)C2)c(C)c1. The number of nitrogens with zero attached hydrogens (tertiary/aromatic N) is 1. The first-order valence-corrected chi connectivity index (χ1v) is 10.4. The molecule has 0 saturated carbocycles. The summed E-state index contributed by atoms with van der Waals surface area (Å²) in [6, 6.07) is 4.59. The van der Waals surface area contributed by atoms with E-state index in [1.54, 1.807) is 25.1 Å². The normalized spacial score (nSPS) is 21.4. The van der Waals surface area contributed by atoms with Crippen molar-refractivity contribution in [2.24, 2.45) is 5.73 Å². The summed E-state index contributed by atoms with van der Waals surface area (Å²) in [5, 5.41) is 0. The zero-order chi connectivity index (χ0) is 16.5. The molecular weight excluding hydrogens is 324 g/mol. The molecule has 1 atom stereocenters. The second-order valence-corrected chi connectivity index (χ2v) is 9.82. The van der Waals surface area contributed by atoms with Gasteiger partial charge in [0.15, 0.2) is 9.84 Å². The Bertz CT molecular complexity index is 757. The summed E-state index contributed by atoms with van der Waals surface area (Å²) in [5.41, 5.74) is 7.18. The summed E-state index contributed by atoms with van der Waals surface area (Å²) in [5.74, 6) is -0.0989. The molecule has 1 fully saturated rings. The molecule has 1 aliphatic rings. The van der Waals surface area contributed by atoms with E-state index in [1.165, 1.54) is 4.31 Å². The van der Waals surface area contributed by atoms with E-state index in [0.717, 1.165) is 5.56 Å². The van der Waals surface area contributed by atoms with Gasteiger partial charge < -0.3 is 5.73 Å². The highest BCUT2D eigenvalue weighted by Crippen LogP contribution is 2.26. The first kappa shape index (κ1) is 17.4. The fraction of sp³-hybridized carbons (Fsp3) is 0.571. The highest BCUT2D eigenvalue weighted by atomic mass is 32.2. The molecule has 0 unspecified atom stereocenters. The predicted octanol–water partition coefficient (Wildman–Crippen LogP) is 0.440. The van der Waals surface area contributed by atoms with E-state index in [4.69, 9.17) is 5.73 Å². The van der Waals surface area contributed by atoms with Gasteiger partial charge in [-0.2, -0.15) is 4.31 Å². The standard InChI is InChI=1S/C14H22N2O4S2/c1-11-3-4-14(12(2)9-11)22(19,20)16(7-6-15)13-5-8-21(17,18)10-13/h3-4,9,13H,5-8,10,15H2,1-2H3/t13-/m0/s1. The molecule has 6 nitrogen and oxygen atoms in total. The van der Waals surface area contributed by atoms with Crippen LogP contribution in [0, 0.1) is 13.8 Å². The Balaban J connectivity index is 2.42. The number of nitrogens with two attached hydrogens (primary N) is 1. The molecule has 1 aromatic rings. The van der Waals surface area contributed by atoms with Crippen LogP contribution in [0.15, 0.2) is 23.1 Å². The molecule has 2 N–H and O–H groups in total. The van der Waals surface area contributed by atoms with Crippen LogP contribution < -0.4 is 5.73 Å². The van der Waals surface area contributed by atoms with Crippen molar-refractivity contribution in [2.45, 2.75) is 31.2 Å². The van der Waals surface area contributed by atoms with Crippen molar-refractivity contribution < 1.29 is 16.8 Å². The van der Waals surface area contributed by atoms with Gasteiger partial charge in [0, 0.05) is 19.1 Å². The molecule has 1 aliphatic heterocycles. The van der Waals surface area contributed by atoms with Crippen LogP contribution in [-0.4, -0.2) is 51.8 Å². The maximum Gasteiger partial charge on any atom is 0.243 e. The number of rotatable bonds is 5. The van der Waals surface area contributed by atoms with Crippen LogP contribution in [0.4, 0.5) is 0 Å². The molecule has 0 amide bonds. The van der Waals surface area contributed by atoms with Crippen molar-refractivity contribution in [1.29, 1.82) is 0 Å². The largest absolute Gasteiger partial charge is 0.329 e. The van der Waals surface area contributed by atoms with Crippen LogP contribution in [0.3, 0.4) is 0 Å². The van der Waals surface area contributed by atoms with E-state index in [2.05, 4.69) is 0 Å². The minimum Gasteiger partial charge on any atom is -0.329 e. The Morgan fingerprint density at radius 1 is 1.32 bits per heavy atom. The van der Waals surface area contributed by atoms with Crippen molar-refractivity contribution in [3.63, 3.8) is 0 Å². The summed E-state index contributed by atoms with van der Waals surface area (Å²) < 4.78 is 50.5. The molecule has 0 bridgehead atoms. The Morgan fingerprint density at radius 3 is 2.50 bits per heavy atom. The van der Waals surface area contributed by atoms with Crippen molar-refractivity contribution in [2.75, 3.05) is 24.6 Å². The van der Waals surface area contributed by atoms with Crippen molar-refractivity contribution in [3.05, 3.63) is 29.3 Å². The average molecular weight is 346 g/mol. The molecule has 0 spiro atoms. The second-order valence-electron chi connectivity index (χ2n) is 5.73.